The number of hydrogen-bond donors (Lipinski definition) is 0. The molecule has 1 aromatic heterocycles. The van der Waals surface area contributed by atoms with E-state index in [2.05, 4.69) is 4.74 Å². The Labute approximate surface area is 122 Å². The Morgan fingerprint density at radius 2 is 1.81 bits per heavy atom. The summed E-state index contributed by atoms with van der Waals surface area (Å²) in [5, 5.41) is 0. The van der Waals surface area contributed by atoms with Gasteiger partial charge in [-0.1, -0.05) is 12.1 Å². The predicted molar refractivity (Wildman–Crippen MR) is 75.7 cm³/mol. The number of rotatable bonds is 5. The lowest BCUT2D eigenvalue weighted by molar-refractivity contribution is 0.0563. The maximum Gasteiger partial charge on any atom is 0.373 e. The average Bonchev–Trinajstić information content (AvgIpc) is 2.95. The van der Waals surface area contributed by atoms with E-state index < -0.39 is 5.97 Å². The summed E-state index contributed by atoms with van der Waals surface area (Å²) in [4.78, 5) is 23.6. The monoisotopic (exact) mass is 288 g/mol. The Morgan fingerprint density at radius 1 is 1.10 bits per heavy atom. The van der Waals surface area contributed by atoms with Crippen LogP contribution in [0, 0.1) is 0 Å². The van der Waals surface area contributed by atoms with Crippen molar-refractivity contribution in [1.29, 1.82) is 0 Å². The van der Waals surface area contributed by atoms with Crippen LogP contribution in [-0.2, 0) is 4.74 Å². The molecule has 0 spiro atoms. The molecule has 21 heavy (non-hydrogen) atoms. The van der Waals surface area contributed by atoms with Crippen molar-refractivity contribution in [2.45, 2.75) is 20.0 Å². The highest BCUT2D eigenvalue weighted by molar-refractivity contribution is 6.07. The van der Waals surface area contributed by atoms with Crippen molar-refractivity contribution in [1.82, 2.24) is 0 Å². The van der Waals surface area contributed by atoms with Gasteiger partial charge in [-0.15, -0.1) is 0 Å². The Balaban J connectivity index is 2.23. The highest BCUT2D eigenvalue weighted by atomic mass is 16.5. The normalized spacial score (nSPS) is 10.5. The SMILES string of the molecule is COC(=O)c1ccc(C(=O)c2cccc(OC(C)C)c2)o1. The van der Waals surface area contributed by atoms with E-state index >= 15 is 0 Å². The van der Waals surface area contributed by atoms with E-state index in [-0.39, 0.29) is 23.4 Å². The van der Waals surface area contributed by atoms with Gasteiger partial charge in [-0.25, -0.2) is 4.79 Å². The molecule has 0 radical (unpaired) electrons. The second-order valence-electron chi connectivity index (χ2n) is 4.68. The molecule has 2 rings (SSSR count). The van der Waals surface area contributed by atoms with Crippen LogP contribution < -0.4 is 4.74 Å². The Morgan fingerprint density at radius 3 is 2.48 bits per heavy atom. The van der Waals surface area contributed by atoms with Gasteiger partial charge in [0, 0.05) is 5.56 Å². The Hall–Kier alpha value is -2.56. The first-order chi connectivity index (χ1) is 10.0. The molecular weight excluding hydrogens is 272 g/mol. The summed E-state index contributed by atoms with van der Waals surface area (Å²) in [6, 6.07) is 9.67. The first-order valence-corrected chi connectivity index (χ1v) is 6.51. The minimum Gasteiger partial charge on any atom is -0.491 e. The molecule has 0 unspecified atom stereocenters. The molecule has 2 aromatic rings. The van der Waals surface area contributed by atoms with Crippen molar-refractivity contribution in [2.24, 2.45) is 0 Å². The largest absolute Gasteiger partial charge is 0.491 e. The van der Waals surface area contributed by atoms with Gasteiger partial charge in [0.15, 0.2) is 5.76 Å². The first-order valence-electron chi connectivity index (χ1n) is 6.51. The van der Waals surface area contributed by atoms with Gasteiger partial charge in [0.1, 0.15) is 5.75 Å². The van der Waals surface area contributed by atoms with E-state index in [9.17, 15) is 9.59 Å². The summed E-state index contributed by atoms with van der Waals surface area (Å²) in [6.45, 7) is 3.81. The van der Waals surface area contributed by atoms with Crippen LogP contribution in [0.25, 0.3) is 0 Å². The standard InChI is InChI=1S/C16H16O5/c1-10(2)20-12-6-4-5-11(9-12)15(17)13-7-8-14(21-13)16(18)19-3/h4-10H,1-3H3. The summed E-state index contributed by atoms with van der Waals surface area (Å²) in [6.07, 6.45) is 0.0184. The van der Waals surface area contributed by atoms with E-state index in [1.54, 1.807) is 24.3 Å². The van der Waals surface area contributed by atoms with Crippen molar-refractivity contribution in [3.05, 3.63) is 53.5 Å². The highest BCUT2D eigenvalue weighted by Crippen LogP contribution is 2.19. The molecule has 5 nitrogen and oxygen atoms in total. The van der Waals surface area contributed by atoms with E-state index in [1.807, 2.05) is 13.8 Å². The van der Waals surface area contributed by atoms with Gasteiger partial charge >= 0.3 is 5.97 Å². The Bertz CT molecular complexity index is 654. The maximum atomic E-state index is 12.3. The molecule has 0 fully saturated rings. The van der Waals surface area contributed by atoms with Gasteiger partial charge in [-0.3, -0.25) is 4.79 Å². The summed E-state index contributed by atoms with van der Waals surface area (Å²) in [7, 11) is 1.25. The fraction of sp³-hybridized carbons (Fsp3) is 0.250. The molecule has 0 aliphatic heterocycles. The van der Waals surface area contributed by atoms with Crippen molar-refractivity contribution in [3.63, 3.8) is 0 Å². The van der Waals surface area contributed by atoms with Crippen molar-refractivity contribution < 1.29 is 23.5 Å². The summed E-state index contributed by atoms with van der Waals surface area (Å²) >= 11 is 0. The molecule has 0 aliphatic rings. The summed E-state index contributed by atoms with van der Waals surface area (Å²) in [5.41, 5.74) is 0.430. The number of methoxy groups -OCH3 is 1. The number of carbonyl (C=O) groups is 2. The van der Waals surface area contributed by atoms with Crippen LogP contribution in [0.1, 0.15) is 40.5 Å². The molecule has 110 valence electrons. The van der Waals surface area contributed by atoms with Crippen LogP contribution in [0.2, 0.25) is 0 Å². The van der Waals surface area contributed by atoms with Gasteiger partial charge < -0.3 is 13.9 Å². The second kappa shape index (κ2) is 6.26. The number of benzene rings is 1. The second-order valence-corrected chi connectivity index (χ2v) is 4.68. The van der Waals surface area contributed by atoms with Crippen LogP contribution in [-0.4, -0.2) is 25.0 Å². The predicted octanol–water partition coefficient (Wildman–Crippen LogP) is 3.08. The van der Waals surface area contributed by atoms with Gasteiger partial charge in [0.05, 0.1) is 13.2 Å². The number of carbonyl (C=O) groups excluding carboxylic acids is 2. The maximum absolute atomic E-state index is 12.3. The minimum atomic E-state index is -0.619. The van der Waals surface area contributed by atoms with Crippen molar-refractivity contribution >= 4 is 11.8 Å². The van der Waals surface area contributed by atoms with Gasteiger partial charge in [0.2, 0.25) is 11.5 Å². The smallest absolute Gasteiger partial charge is 0.373 e. The lowest BCUT2D eigenvalue weighted by Gasteiger charge is -2.10. The van der Waals surface area contributed by atoms with Gasteiger partial charge in [-0.05, 0) is 38.1 Å². The number of furan rings is 1. The molecule has 0 bridgehead atoms. The molecule has 0 atom stereocenters. The number of ketones is 1. The van der Waals surface area contributed by atoms with Gasteiger partial charge in [0.25, 0.3) is 0 Å². The molecular formula is C16H16O5. The zero-order chi connectivity index (χ0) is 15.4. The first kappa shape index (κ1) is 14.8. The zero-order valence-electron chi connectivity index (χ0n) is 12.1. The number of ether oxygens (including phenoxy) is 2. The molecule has 0 amide bonds. The van der Waals surface area contributed by atoms with Crippen molar-refractivity contribution in [3.8, 4) is 5.75 Å². The number of esters is 1. The quantitative estimate of drug-likeness (QED) is 0.625. The zero-order valence-corrected chi connectivity index (χ0v) is 12.1. The van der Waals surface area contributed by atoms with Crippen molar-refractivity contribution in [2.75, 3.05) is 7.11 Å². The molecule has 0 aliphatic carbocycles. The third-order valence-corrected chi connectivity index (χ3v) is 2.68. The summed E-state index contributed by atoms with van der Waals surface area (Å²) in [5.74, 6) is -0.256. The topological polar surface area (TPSA) is 65.7 Å². The van der Waals surface area contributed by atoms with E-state index in [0.29, 0.717) is 11.3 Å². The summed E-state index contributed by atoms with van der Waals surface area (Å²) < 4.78 is 15.3. The lowest BCUT2D eigenvalue weighted by atomic mass is 10.1. The van der Waals surface area contributed by atoms with E-state index in [4.69, 9.17) is 9.15 Å². The molecule has 1 heterocycles. The fourth-order valence-electron chi connectivity index (χ4n) is 1.80. The third kappa shape index (κ3) is 3.51. The Kier molecular flexibility index (Phi) is 4.42. The third-order valence-electron chi connectivity index (χ3n) is 2.68. The van der Waals surface area contributed by atoms with Crippen LogP contribution in [0.3, 0.4) is 0 Å². The molecule has 0 saturated carbocycles. The fourth-order valence-corrected chi connectivity index (χ4v) is 1.80. The number of hydrogen-bond acceptors (Lipinski definition) is 5. The minimum absolute atomic E-state index is 0.00423. The molecule has 5 heteroatoms. The van der Waals surface area contributed by atoms with Crippen LogP contribution in [0.4, 0.5) is 0 Å². The van der Waals surface area contributed by atoms with Crippen LogP contribution in [0.5, 0.6) is 5.75 Å². The molecule has 0 saturated heterocycles. The van der Waals surface area contributed by atoms with Crippen LogP contribution in [0.15, 0.2) is 40.8 Å². The average molecular weight is 288 g/mol. The van der Waals surface area contributed by atoms with E-state index in [0.717, 1.165) is 0 Å². The lowest BCUT2D eigenvalue weighted by Crippen LogP contribution is -2.07. The molecule has 1 aromatic carbocycles. The van der Waals surface area contributed by atoms with Gasteiger partial charge in [-0.2, -0.15) is 0 Å². The highest BCUT2D eigenvalue weighted by Gasteiger charge is 2.18. The molecule has 0 N–H and O–H groups in total. The van der Waals surface area contributed by atoms with Crippen LogP contribution >= 0.6 is 0 Å². The van der Waals surface area contributed by atoms with E-state index in [1.165, 1.54) is 19.2 Å².